The van der Waals surface area contributed by atoms with Gasteiger partial charge in [-0.15, -0.1) is 0 Å². The maximum absolute atomic E-state index is 5.59. The summed E-state index contributed by atoms with van der Waals surface area (Å²) in [6.07, 6.45) is 3.35. The van der Waals surface area contributed by atoms with E-state index in [0.717, 1.165) is 17.1 Å². The predicted octanol–water partition coefficient (Wildman–Crippen LogP) is 3.68. The third-order valence-electron chi connectivity index (χ3n) is 2.44. The zero-order valence-corrected chi connectivity index (χ0v) is 10.2. The van der Waals surface area contributed by atoms with E-state index in [1.165, 1.54) is 5.56 Å². The van der Waals surface area contributed by atoms with Crippen LogP contribution in [0.3, 0.4) is 0 Å². The first-order chi connectivity index (χ1) is 8.74. The molecule has 0 saturated carbocycles. The summed E-state index contributed by atoms with van der Waals surface area (Å²) < 4.78 is 0. The number of aliphatic imine (C=N–C) groups is 2. The lowest BCUT2D eigenvalue weighted by Crippen LogP contribution is -1.81. The SMILES string of the molecule is Cc1ccc(/N=C/C=N/c2ccc(N)cc2)cc1. The molecule has 0 amide bonds. The first-order valence-electron chi connectivity index (χ1n) is 5.73. The molecular formula is C15H15N3. The van der Waals surface area contributed by atoms with Crippen LogP contribution in [0.15, 0.2) is 58.5 Å². The fraction of sp³-hybridized carbons (Fsp3) is 0.0667. The fourth-order valence-electron chi connectivity index (χ4n) is 1.43. The molecular weight excluding hydrogens is 222 g/mol. The average molecular weight is 237 g/mol. The maximum atomic E-state index is 5.59. The third kappa shape index (κ3) is 3.56. The number of nitrogen functional groups attached to an aromatic ring is 1. The minimum Gasteiger partial charge on any atom is -0.399 e. The summed E-state index contributed by atoms with van der Waals surface area (Å²) in [5, 5.41) is 0. The first-order valence-corrected chi connectivity index (χ1v) is 5.73. The monoisotopic (exact) mass is 237 g/mol. The van der Waals surface area contributed by atoms with Crippen LogP contribution in [-0.2, 0) is 0 Å². The summed E-state index contributed by atoms with van der Waals surface area (Å²) >= 11 is 0. The molecule has 2 N–H and O–H groups in total. The second kappa shape index (κ2) is 5.77. The van der Waals surface area contributed by atoms with Gasteiger partial charge in [-0.1, -0.05) is 17.7 Å². The van der Waals surface area contributed by atoms with Crippen LogP contribution in [0.5, 0.6) is 0 Å². The number of aryl methyl sites for hydroxylation is 1. The summed E-state index contributed by atoms with van der Waals surface area (Å²) in [5.74, 6) is 0. The first kappa shape index (κ1) is 12.0. The van der Waals surface area contributed by atoms with Crippen molar-refractivity contribution in [1.29, 1.82) is 0 Å². The molecule has 0 unspecified atom stereocenters. The number of hydrogen-bond donors (Lipinski definition) is 1. The molecule has 18 heavy (non-hydrogen) atoms. The van der Waals surface area contributed by atoms with Crippen LogP contribution in [0.2, 0.25) is 0 Å². The summed E-state index contributed by atoms with van der Waals surface area (Å²) in [6, 6.07) is 15.4. The van der Waals surface area contributed by atoms with Crippen molar-refractivity contribution in [2.24, 2.45) is 9.98 Å². The van der Waals surface area contributed by atoms with Crippen molar-refractivity contribution in [3.8, 4) is 0 Å². The van der Waals surface area contributed by atoms with E-state index in [0.29, 0.717) is 0 Å². The molecule has 2 aromatic carbocycles. The summed E-state index contributed by atoms with van der Waals surface area (Å²) in [5.41, 5.74) is 9.34. The van der Waals surface area contributed by atoms with Gasteiger partial charge in [-0.05, 0) is 43.3 Å². The van der Waals surface area contributed by atoms with Crippen LogP contribution in [0.4, 0.5) is 17.1 Å². The largest absolute Gasteiger partial charge is 0.399 e. The molecule has 0 aliphatic carbocycles. The number of anilines is 1. The number of nitrogens with two attached hydrogens (primary N) is 1. The minimum atomic E-state index is 0.738. The van der Waals surface area contributed by atoms with Crippen molar-refractivity contribution in [3.05, 3.63) is 54.1 Å². The zero-order chi connectivity index (χ0) is 12.8. The van der Waals surface area contributed by atoms with Gasteiger partial charge in [0.25, 0.3) is 0 Å². The van der Waals surface area contributed by atoms with Crippen LogP contribution in [0.25, 0.3) is 0 Å². The van der Waals surface area contributed by atoms with Crippen molar-refractivity contribution in [1.82, 2.24) is 0 Å². The molecule has 0 aliphatic heterocycles. The third-order valence-corrected chi connectivity index (χ3v) is 2.44. The Balaban J connectivity index is 1.98. The van der Waals surface area contributed by atoms with Gasteiger partial charge >= 0.3 is 0 Å². The topological polar surface area (TPSA) is 50.7 Å². The fourth-order valence-corrected chi connectivity index (χ4v) is 1.43. The second-order valence-electron chi connectivity index (χ2n) is 3.98. The summed E-state index contributed by atoms with van der Waals surface area (Å²) in [7, 11) is 0. The molecule has 2 rings (SSSR count). The Bertz CT molecular complexity index is 498. The van der Waals surface area contributed by atoms with Crippen molar-refractivity contribution in [2.45, 2.75) is 6.92 Å². The lowest BCUT2D eigenvalue weighted by atomic mass is 10.2. The van der Waals surface area contributed by atoms with Gasteiger partial charge < -0.3 is 5.73 Å². The molecule has 0 saturated heterocycles. The number of nitrogens with zero attached hydrogens (tertiary/aromatic N) is 2. The molecule has 0 aliphatic rings. The molecule has 3 heteroatoms. The van der Waals surface area contributed by atoms with Gasteiger partial charge in [-0.2, -0.15) is 0 Å². The van der Waals surface area contributed by atoms with E-state index < -0.39 is 0 Å². The van der Waals surface area contributed by atoms with Crippen LogP contribution in [-0.4, -0.2) is 12.4 Å². The Morgan fingerprint density at radius 1 is 0.778 bits per heavy atom. The lowest BCUT2D eigenvalue weighted by molar-refractivity contribution is 1.44. The van der Waals surface area contributed by atoms with Gasteiger partial charge in [0.15, 0.2) is 0 Å². The van der Waals surface area contributed by atoms with Crippen molar-refractivity contribution in [3.63, 3.8) is 0 Å². The highest BCUT2D eigenvalue weighted by molar-refractivity contribution is 6.17. The van der Waals surface area contributed by atoms with Gasteiger partial charge in [0.2, 0.25) is 0 Å². The Labute approximate surface area is 107 Å². The number of benzene rings is 2. The molecule has 2 aromatic rings. The van der Waals surface area contributed by atoms with Gasteiger partial charge in [0, 0.05) is 18.1 Å². The zero-order valence-electron chi connectivity index (χ0n) is 10.2. The predicted molar refractivity (Wildman–Crippen MR) is 78.3 cm³/mol. The molecule has 0 bridgehead atoms. The van der Waals surface area contributed by atoms with Crippen LogP contribution in [0.1, 0.15) is 5.56 Å². The highest BCUT2D eigenvalue weighted by Gasteiger charge is 1.87. The molecule has 0 radical (unpaired) electrons. The molecule has 0 aromatic heterocycles. The maximum Gasteiger partial charge on any atom is 0.0631 e. The molecule has 0 heterocycles. The normalized spacial score (nSPS) is 11.4. The van der Waals surface area contributed by atoms with E-state index in [-0.39, 0.29) is 0 Å². The van der Waals surface area contributed by atoms with Gasteiger partial charge in [0.05, 0.1) is 11.4 Å². The van der Waals surface area contributed by atoms with Gasteiger partial charge in [-0.25, -0.2) is 0 Å². The molecule has 3 nitrogen and oxygen atoms in total. The van der Waals surface area contributed by atoms with E-state index in [2.05, 4.69) is 16.9 Å². The molecule has 0 atom stereocenters. The molecule has 0 fully saturated rings. The summed E-state index contributed by atoms with van der Waals surface area (Å²) in [4.78, 5) is 8.53. The van der Waals surface area contributed by atoms with Crippen molar-refractivity contribution >= 4 is 29.5 Å². The number of hydrogen-bond acceptors (Lipinski definition) is 3. The minimum absolute atomic E-state index is 0.738. The Hall–Kier alpha value is -2.42. The van der Waals surface area contributed by atoms with E-state index >= 15 is 0 Å². The van der Waals surface area contributed by atoms with E-state index in [1.807, 2.05) is 48.5 Å². The van der Waals surface area contributed by atoms with Crippen molar-refractivity contribution < 1.29 is 0 Å². The van der Waals surface area contributed by atoms with E-state index in [1.54, 1.807) is 12.4 Å². The van der Waals surface area contributed by atoms with E-state index in [4.69, 9.17) is 5.73 Å². The molecule has 90 valence electrons. The highest BCUT2D eigenvalue weighted by Crippen LogP contribution is 2.13. The lowest BCUT2D eigenvalue weighted by Gasteiger charge is -1.94. The van der Waals surface area contributed by atoms with E-state index in [9.17, 15) is 0 Å². The smallest absolute Gasteiger partial charge is 0.0631 e. The molecule has 0 spiro atoms. The average Bonchev–Trinajstić information content (AvgIpc) is 2.39. The Morgan fingerprint density at radius 2 is 1.22 bits per heavy atom. The van der Waals surface area contributed by atoms with Crippen LogP contribution >= 0.6 is 0 Å². The van der Waals surface area contributed by atoms with Crippen molar-refractivity contribution in [2.75, 3.05) is 5.73 Å². The number of rotatable bonds is 3. The highest BCUT2D eigenvalue weighted by atomic mass is 14.8. The van der Waals surface area contributed by atoms with Crippen LogP contribution < -0.4 is 5.73 Å². The summed E-state index contributed by atoms with van der Waals surface area (Å²) in [6.45, 7) is 2.05. The van der Waals surface area contributed by atoms with Crippen LogP contribution in [0, 0.1) is 6.92 Å². The van der Waals surface area contributed by atoms with Gasteiger partial charge in [-0.3, -0.25) is 9.98 Å². The Morgan fingerprint density at radius 3 is 1.72 bits per heavy atom. The quantitative estimate of drug-likeness (QED) is 0.642. The second-order valence-corrected chi connectivity index (χ2v) is 3.98. The standard InChI is InChI=1S/C15H15N3/c1-12-2-6-14(7-3-12)17-10-11-18-15-8-4-13(16)5-9-15/h2-11H,16H2,1H3/b17-10+,18-11+. The Kier molecular flexibility index (Phi) is 3.86. The van der Waals surface area contributed by atoms with Gasteiger partial charge in [0.1, 0.15) is 0 Å².